The summed E-state index contributed by atoms with van der Waals surface area (Å²) in [5.41, 5.74) is 8.98. The van der Waals surface area contributed by atoms with Gasteiger partial charge >= 0.3 is 0 Å². The molecule has 2 N–H and O–H groups in total. The van der Waals surface area contributed by atoms with Gasteiger partial charge in [-0.05, 0) is 60.5 Å². The van der Waals surface area contributed by atoms with Crippen LogP contribution in [0.15, 0.2) is 59.4 Å². The molecule has 0 bridgehead atoms. The van der Waals surface area contributed by atoms with Crippen molar-refractivity contribution in [2.24, 2.45) is 0 Å². The molecule has 10 heteroatoms. The van der Waals surface area contributed by atoms with Crippen LogP contribution in [0.2, 0.25) is 0 Å². The minimum absolute atomic E-state index is 0.00815. The second-order valence-electron chi connectivity index (χ2n) is 9.68. The lowest BCUT2D eigenvalue weighted by molar-refractivity contribution is -0.114. The third-order valence-corrected chi connectivity index (χ3v) is 6.68. The number of piperidine rings is 1. The van der Waals surface area contributed by atoms with Gasteiger partial charge in [0.15, 0.2) is 11.6 Å². The highest BCUT2D eigenvalue weighted by molar-refractivity contribution is 5.94. The molecule has 0 unspecified atom stereocenters. The molecule has 1 aliphatic heterocycles. The molecule has 1 aliphatic rings. The van der Waals surface area contributed by atoms with Crippen LogP contribution >= 0.6 is 0 Å². The number of amides is 1. The zero-order valence-corrected chi connectivity index (χ0v) is 21.4. The SMILES string of the molecule is Cc1cc(-c2ncc(C(=O)N3CCC(F)(F)CC3)cn2)cc2cc(CCC(=O)/C=C/c3ccc(N)nc3)oc12. The number of pyridine rings is 1. The molecule has 0 radical (unpaired) electrons. The summed E-state index contributed by atoms with van der Waals surface area (Å²) in [7, 11) is 0. The zero-order chi connectivity index (χ0) is 27.6. The number of anilines is 1. The lowest BCUT2D eigenvalue weighted by atomic mass is 10.1. The maximum Gasteiger partial charge on any atom is 0.256 e. The number of ketones is 1. The average Bonchev–Trinajstić information content (AvgIpc) is 3.35. The Morgan fingerprint density at radius 2 is 1.82 bits per heavy atom. The minimum Gasteiger partial charge on any atom is -0.461 e. The third kappa shape index (κ3) is 6.17. The van der Waals surface area contributed by atoms with Crippen molar-refractivity contribution < 1.29 is 22.8 Å². The van der Waals surface area contributed by atoms with E-state index in [-0.39, 0.29) is 49.6 Å². The molecule has 4 heterocycles. The second kappa shape index (κ2) is 10.7. The monoisotopic (exact) mass is 531 g/mol. The van der Waals surface area contributed by atoms with E-state index in [4.69, 9.17) is 10.2 Å². The second-order valence-corrected chi connectivity index (χ2v) is 9.68. The maximum atomic E-state index is 13.4. The van der Waals surface area contributed by atoms with Gasteiger partial charge in [-0.3, -0.25) is 9.59 Å². The lowest BCUT2D eigenvalue weighted by Crippen LogP contribution is -2.42. The Labute approximate surface area is 223 Å². The molecule has 0 spiro atoms. The van der Waals surface area contributed by atoms with Crippen molar-refractivity contribution in [2.75, 3.05) is 18.8 Å². The Kier molecular flexibility index (Phi) is 7.19. The molecule has 5 rings (SSSR count). The van der Waals surface area contributed by atoms with Gasteiger partial charge in [0.2, 0.25) is 0 Å². The topological polar surface area (TPSA) is 115 Å². The molecule has 4 aromatic rings. The number of nitrogens with zero attached hydrogens (tertiary/aromatic N) is 4. The van der Waals surface area contributed by atoms with Gasteiger partial charge < -0.3 is 15.1 Å². The summed E-state index contributed by atoms with van der Waals surface area (Å²) < 4.78 is 32.8. The Morgan fingerprint density at radius 3 is 2.51 bits per heavy atom. The number of aromatic nitrogens is 3. The third-order valence-electron chi connectivity index (χ3n) is 6.68. The highest BCUT2D eigenvalue weighted by Gasteiger charge is 2.35. The number of hydrogen-bond donors (Lipinski definition) is 1. The van der Waals surface area contributed by atoms with Crippen molar-refractivity contribution in [1.29, 1.82) is 0 Å². The molecule has 0 atom stereocenters. The molecule has 3 aromatic heterocycles. The molecule has 1 aromatic carbocycles. The smallest absolute Gasteiger partial charge is 0.256 e. The Morgan fingerprint density at radius 1 is 1.08 bits per heavy atom. The fourth-order valence-corrected chi connectivity index (χ4v) is 4.48. The first-order valence-electron chi connectivity index (χ1n) is 12.6. The number of halogens is 2. The van der Waals surface area contributed by atoms with Crippen LogP contribution in [0.1, 0.15) is 46.5 Å². The standard InChI is InChI=1S/C29H27F2N5O3/c1-18-12-21(27-34-16-22(17-35-27)28(38)36-10-8-29(30,31)9-11-36)13-20-14-24(39-26(18)20)6-5-23(37)4-2-19-3-7-25(32)33-15-19/h2-4,7,12-17H,5-6,8-11H2,1H3,(H2,32,33)/b4-2+. The number of carbonyl (C=O) groups excluding carboxylic acids is 2. The summed E-state index contributed by atoms with van der Waals surface area (Å²) in [5, 5.41) is 0.855. The molecular weight excluding hydrogens is 504 g/mol. The van der Waals surface area contributed by atoms with Crippen molar-refractivity contribution in [1.82, 2.24) is 19.9 Å². The molecular formula is C29H27F2N5O3. The van der Waals surface area contributed by atoms with Gasteiger partial charge in [-0.25, -0.2) is 23.7 Å². The summed E-state index contributed by atoms with van der Waals surface area (Å²) >= 11 is 0. The van der Waals surface area contributed by atoms with E-state index in [0.717, 1.165) is 27.7 Å². The van der Waals surface area contributed by atoms with Crippen LogP contribution in [0, 0.1) is 6.92 Å². The molecule has 8 nitrogen and oxygen atoms in total. The van der Waals surface area contributed by atoms with E-state index in [9.17, 15) is 18.4 Å². The fraction of sp³-hybridized carbons (Fsp3) is 0.276. The van der Waals surface area contributed by atoms with Crippen LogP contribution in [-0.4, -0.2) is 50.6 Å². The van der Waals surface area contributed by atoms with E-state index < -0.39 is 5.92 Å². The number of carbonyl (C=O) groups is 2. The first kappa shape index (κ1) is 26.1. The number of furan rings is 1. The number of fused-ring (bicyclic) bond motifs is 1. The van der Waals surface area contributed by atoms with Crippen molar-refractivity contribution >= 4 is 34.6 Å². The van der Waals surface area contributed by atoms with Crippen molar-refractivity contribution in [3.05, 3.63) is 77.4 Å². The van der Waals surface area contributed by atoms with Gasteiger partial charge in [-0.15, -0.1) is 0 Å². The predicted octanol–water partition coefficient (Wildman–Crippen LogP) is 5.26. The molecule has 1 amide bonds. The minimum atomic E-state index is -2.72. The predicted molar refractivity (Wildman–Crippen MR) is 143 cm³/mol. The van der Waals surface area contributed by atoms with E-state index in [1.807, 2.05) is 25.1 Å². The number of rotatable bonds is 7. The van der Waals surface area contributed by atoms with Gasteiger partial charge in [0.05, 0.1) is 5.56 Å². The number of benzene rings is 1. The van der Waals surface area contributed by atoms with Crippen molar-refractivity contribution in [3.63, 3.8) is 0 Å². The summed E-state index contributed by atoms with van der Waals surface area (Å²) in [4.78, 5) is 39.1. The number of hydrogen-bond acceptors (Lipinski definition) is 7. The van der Waals surface area contributed by atoms with Crippen LogP contribution < -0.4 is 5.73 Å². The quantitative estimate of drug-likeness (QED) is 0.323. The Hall–Kier alpha value is -4.47. The summed E-state index contributed by atoms with van der Waals surface area (Å²) in [6.45, 7) is 1.93. The number of likely N-dealkylation sites (tertiary alicyclic amines) is 1. The Bertz CT molecular complexity index is 1540. The molecule has 1 fully saturated rings. The fourth-order valence-electron chi connectivity index (χ4n) is 4.48. The maximum absolute atomic E-state index is 13.4. The highest BCUT2D eigenvalue weighted by Crippen LogP contribution is 2.30. The first-order valence-corrected chi connectivity index (χ1v) is 12.6. The van der Waals surface area contributed by atoms with Crippen molar-refractivity contribution in [2.45, 2.75) is 38.5 Å². The van der Waals surface area contributed by atoms with Gasteiger partial charge in [0.25, 0.3) is 11.8 Å². The molecule has 0 aliphatic carbocycles. The molecule has 39 heavy (non-hydrogen) atoms. The van der Waals surface area contributed by atoms with Gasteiger partial charge in [0, 0.05) is 68.3 Å². The van der Waals surface area contributed by atoms with Gasteiger partial charge in [0.1, 0.15) is 17.2 Å². The van der Waals surface area contributed by atoms with E-state index >= 15 is 0 Å². The number of allylic oxidation sites excluding steroid dienone is 1. The largest absolute Gasteiger partial charge is 0.461 e. The summed E-state index contributed by atoms with van der Waals surface area (Å²) in [6.07, 6.45) is 7.74. The molecule has 200 valence electrons. The normalized spacial score (nSPS) is 15.2. The first-order chi connectivity index (χ1) is 18.7. The summed E-state index contributed by atoms with van der Waals surface area (Å²) in [5.74, 6) is -1.56. The van der Waals surface area contributed by atoms with Crippen molar-refractivity contribution in [3.8, 4) is 11.4 Å². The van der Waals surface area contributed by atoms with Crippen LogP contribution in [-0.2, 0) is 11.2 Å². The zero-order valence-electron chi connectivity index (χ0n) is 21.4. The van der Waals surface area contributed by atoms with Crippen LogP contribution in [0.25, 0.3) is 28.4 Å². The van der Waals surface area contributed by atoms with Gasteiger partial charge in [-0.2, -0.15) is 0 Å². The number of aryl methyl sites for hydroxylation is 2. The lowest BCUT2D eigenvalue weighted by Gasteiger charge is -2.31. The summed E-state index contributed by atoms with van der Waals surface area (Å²) in [6, 6.07) is 9.16. The van der Waals surface area contributed by atoms with Crippen LogP contribution in [0.3, 0.4) is 0 Å². The van der Waals surface area contributed by atoms with Gasteiger partial charge in [-0.1, -0.05) is 0 Å². The Balaban J connectivity index is 1.24. The highest BCUT2D eigenvalue weighted by atomic mass is 19.3. The molecule has 1 saturated heterocycles. The number of nitrogens with two attached hydrogens (primary N) is 1. The van der Waals surface area contributed by atoms with E-state index in [1.54, 1.807) is 24.4 Å². The average molecular weight is 532 g/mol. The van der Waals surface area contributed by atoms with Crippen LogP contribution in [0.4, 0.5) is 14.6 Å². The van der Waals surface area contributed by atoms with Crippen LogP contribution in [0.5, 0.6) is 0 Å². The number of nitrogen functional groups attached to an aromatic ring is 1. The van der Waals surface area contributed by atoms with E-state index in [0.29, 0.717) is 23.8 Å². The van der Waals surface area contributed by atoms with E-state index in [2.05, 4.69) is 15.0 Å². The van der Waals surface area contributed by atoms with E-state index in [1.165, 1.54) is 23.4 Å². The number of alkyl halides is 2. The molecule has 0 saturated carbocycles.